The Bertz CT molecular complexity index is 500. The van der Waals surface area contributed by atoms with Crippen molar-refractivity contribution in [3.05, 3.63) is 23.3 Å². The minimum Gasteiger partial charge on any atom is -0.496 e. The molecule has 0 radical (unpaired) electrons. The number of amides is 2. The van der Waals surface area contributed by atoms with E-state index in [2.05, 4.69) is 10.6 Å². The fourth-order valence-electron chi connectivity index (χ4n) is 1.85. The lowest BCUT2D eigenvalue weighted by atomic mass is 10.1. The van der Waals surface area contributed by atoms with Crippen LogP contribution in [0.5, 0.6) is 11.5 Å². The van der Waals surface area contributed by atoms with Crippen LogP contribution in [0.2, 0.25) is 0 Å². The van der Waals surface area contributed by atoms with Crippen molar-refractivity contribution in [2.75, 3.05) is 27.3 Å². The second kappa shape index (κ2) is 7.37. The Balaban J connectivity index is 2.77. The SMILES string of the molecule is COc1ccc(C(=O)NCCNC(C)=O)c(OC)c1C. The van der Waals surface area contributed by atoms with E-state index in [4.69, 9.17) is 9.47 Å². The number of hydrogen-bond acceptors (Lipinski definition) is 4. The van der Waals surface area contributed by atoms with E-state index in [1.807, 2.05) is 6.92 Å². The van der Waals surface area contributed by atoms with Crippen molar-refractivity contribution in [2.45, 2.75) is 13.8 Å². The molecular weight excluding hydrogens is 260 g/mol. The molecule has 0 aliphatic heterocycles. The molecule has 1 aromatic carbocycles. The van der Waals surface area contributed by atoms with Crippen molar-refractivity contribution in [1.29, 1.82) is 0 Å². The largest absolute Gasteiger partial charge is 0.496 e. The van der Waals surface area contributed by atoms with Gasteiger partial charge in [-0.2, -0.15) is 0 Å². The molecule has 20 heavy (non-hydrogen) atoms. The lowest BCUT2D eigenvalue weighted by Gasteiger charge is -2.14. The highest BCUT2D eigenvalue weighted by atomic mass is 16.5. The van der Waals surface area contributed by atoms with Crippen molar-refractivity contribution in [1.82, 2.24) is 10.6 Å². The summed E-state index contributed by atoms with van der Waals surface area (Å²) in [5, 5.41) is 5.32. The smallest absolute Gasteiger partial charge is 0.255 e. The zero-order chi connectivity index (χ0) is 15.1. The average Bonchev–Trinajstić information content (AvgIpc) is 2.42. The Labute approximate surface area is 118 Å². The third-order valence-corrected chi connectivity index (χ3v) is 2.81. The maximum atomic E-state index is 12.1. The number of benzene rings is 1. The first kappa shape index (κ1) is 15.8. The minimum atomic E-state index is -0.252. The molecule has 0 bridgehead atoms. The van der Waals surface area contributed by atoms with Crippen molar-refractivity contribution in [3.63, 3.8) is 0 Å². The lowest BCUT2D eigenvalue weighted by Crippen LogP contribution is -2.33. The molecule has 0 saturated heterocycles. The first-order chi connectivity index (χ1) is 9.51. The summed E-state index contributed by atoms with van der Waals surface area (Å²) < 4.78 is 10.5. The predicted molar refractivity (Wildman–Crippen MR) is 75.3 cm³/mol. The highest BCUT2D eigenvalue weighted by molar-refractivity contribution is 5.97. The molecule has 0 aromatic heterocycles. The molecule has 1 rings (SSSR count). The summed E-state index contributed by atoms with van der Waals surface area (Å²) in [6, 6.07) is 3.37. The van der Waals surface area contributed by atoms with E-state index >= 15 is 0 Å². The third-order valence-electron chi connectivity index (χ3n) is 2.81. The van der Waals surface area contributed by atoms with Crippen LogP contribution in [0.25, 0.3) is 0 Å². The standard InChI is InChI=1S/C14H20N2O4/c1-9-12(19-3)6-5-11(13(9)20-4)14(18)16-8-7-15-10(2)17/h5-6H,7-8H2,1-4H3,(H,15,17)(H,16,18). The molecule has 110 valence electrons. The number of nitrogens with one attached hydrogen (secondary N) is 2. The molecule has 0 fully saturated rings. The molecule has 0 unspecified atom stereocenters. The first-order valence-electron chi connectivity index (χ1n) is 6.25. The van der Waals surface area contributed by atoms with Gasteiger partial charge in [-0.1, -0.05) is 0 Å². The van der Waals surface area contributed by atoms with Crippen LogP contribution in [-0.2, 0) is 4.79 Å². The monoisotopic (exact) mass is 280 g/mol. The fourth-order valence-corrected chi connectivity index (χ4v) is 1.85. The van der Waals surface area contributed by atoms with Crippen LogP contribution >= 0.6 is 0 Å². The Morgan fingerprint density at radius 1 is 1.10 bits per heavy atom. The van der Waals surface area contributed by atoms with Gasteiger partial charge >= 0.3 is 0 Å². The van der Waals surface area contributed by atoms with Crippen LogP contribution in [0, 0.1) is 6.92 Å². The number of ether oxygens (including phenoxy) is 2. The lowest BCUT2D eigenvalue weighted by molar-refractivity contribution is -0.118. The van der Waals surface area contributed by atoms with Gasteiger partial charge in [0.05, 0.1) is 19.8 Å². The Kier molecular flexibility index (Phi) is 5.83. The quantitative estimate of drug-likeness (QED) is 0.758. The number of hydrogen-bond donors (Lipinski definition) is 2. The summed E-state index contributed by atoms with van der Waals surface area (Å²) in [6.45, 7) is 3.99. The van der Waals surface area contributed by atoms with Crippen LogP contribution in [-0.4, -0.2) is 39.1 Å². The zero-order valence-corrected chi connectivity index (χ0v) is 12.2. The van der Waals surface area contributed by atoms with Gasteiger partial charge in [0.25, 0.3) is 5.91 Å². The maximum Gasteiger partial charge on any atom is 0.255 e. The molecular formula is C14H20N2O4. The normalized spacial score (nSPS) is 9.80. The number of carbonyl (C=O) groups is 2. The number of methoxy groups -OCH3 is 2. The van der Waals surface area contributed by atoms with E-state index < -0.39 is 0 Å². The highest BCUT2D eigenvalue weighted by Crippen LogP contribution is 2.31. The molecule has 0 spiro atoms. The van der Waals surface area contributed by atoms with Gasteiger partial charge in [0.2, 0.25) is 5.91 Å². The summed E-state index contributed by atoms with van der Waals surface area (Å²) in [4.78, 5) is 22.8. The van der Waals surface area contributed by atoms with Crippen LogP contribution in [0.3, 0.4) is 0 Å². The van der Waals surface area contributed by atoms with Gasteiger partial charge < -0.3 is 20.1 Å². The molecule has 0 atom stereocenters. The van der Waals surface area contributed by atoms with Crippen molar-refractivity contribution in [3.8, 4) is 11.5 Å². The van der Waals surface area contributed by atoms with Crippen LogP contribution < -0.4 is 20.1 Å². The van der Waals surface area contributed by atoms with Gasteiger partial charge in [0, 0.05) is 25.6 Å². The van der Waals surface area contributed by atoms with E-state index in [0.717, 1.165) is 5.56 Å². The van der Waals surface area contributed by atoms with Crippen LogP contribution in [0.4, 0.5) is 0 Å². The Hall–Kier alpha value is -2.24. The molecule has 1 aromatic rings. The van der Waals surface area contributed by atoms with E-state index in [1.165, 1.54) is 14.0 Å². The third kappa shape index (κ3) is 3.88. The number of carbonyl (C=O) groups excluding carboxylic acids is 2. The first-order valence-corrected chi connectivity index (χ1v) is 6.25. The van der Waals surface area contributed by atoms with Crippen molar-refractivity contribution >= 4 is 11.8 Å². The highest BCUT2D eigenvalue weighted by Gasteiger charge is 2.16. The molecule has 6 nitrogen and oxygen atoms in total. The molecule has 2 N–H and O–H groups in total. The van der Waals surface area contributed by atoms with E-state index in [1.54, 1.807) is 19.2 Å². The predicted octanol–water partition coefficient (Wildman–Crippen LogP) is 0.878. The van der Waals surface area contributed by atoms with Crippen molar-refractivity contribution < 1.29 is 19.1 Å². The van der Waals surface area contributed by atoms with Crippen LogP contribution in [0.1, 0.15) is 22.8 Å². The second-order valence-electron chi connectivity index (χ2n) is 4.21. The molecule has 0 saturated carbocycles. The van der Waals surface area contributed by atoms with Gasteiger partial charge in [-0.05, 0) is 19.1 Å². The molecule has 0 aliphatic carbocycles. The summed E-state index contributed by atoms with van der Waals surface area (Å²) >= 11 is 0. The zero-order valence-electron chi connectivity index (χ0n) is 12.2. The summed E-state index contributed by atoms with van der Waals surface area (Å²) in [5.41, 5.74) is 1.21. The minimum absolute atomic E-state index is 0.128. The Morgan fingerprint density at radius 2 is 1.75 bits per heavy atom. The van der Waals surface area contributed by atoms with Crippen molar-refractivity contribution in [2.24, 2.45) is 0 Å². The Morgan fingerprint density at radius 3 is 2.30 bits per heavy atom. The van der Waals surface area contributed by atoms with Crippen LogP contribution in [0.15, 0.2) is 12.1 Å². The van der Waals surface area contributed by atoms with E-state index in [0.29, 0.717) is 30.2 Å². The van der Waals surface area contributed by atoms with Gasteiger partial charge in [-0.25, -0.2) is 0 Å². The molecule has 6 heteroatoms. The molecule has 0 heterocycles. The second-order valence-corrected chi connectivity index (χ2v) is 4.21. The summed E-state index contributed by atoms with van der Waals surface area (Å²) in [6.07, 6.45) is 0. The van der Waals surface area contributed by atoms with Gasteiger partial charge in [0.1, 0.15) is 11.5 Å². The summed E-state index contributed by atoms with van der Waals surface area (Å²) in [7, 11) is 3.07. The fraction of sp³-hybridized carbons (Fsp3) is 0.429. The molecule has 0 aliphatic rings. The van der Waals surface area contributed by atoms with Gasteiger partial charge in [0.15, 0.2) is 0 Å². The van der Waals surface area contributed by atoms with Gasteiger partial charge in [-0.3, -0.25) is 9.59 Å². The summed E-state index contributed by atoms with van der Waals surface area (Å²) in [5.74, 6) is 0.771. The van der Waals surface area contributed by atoms with E-state index in [-0.39, 0.29) is 11.8 Å². The van der Waals surface area contributed by atoms with E-state index in [9.17, 15) is 9.59 Å². The maximum absolute atomic E-state index is 12.1. The average molecular weight is 280 g/mol. The van der Waals surface area contributed by atoms with Gasteiger partial charge in [-0.15, -0.1) is 0 Å². The molecule has 2 amide bonds. The topological polar surface area (TPSA) is 76.7 Å². The number of rotatable bonds is 6.